The van der Waals surface area contributed by atoms with Crippen LogP contribution in [0.15, 0.2) is 41.5 Å². The molecule has 1 aromatic heterocycles. The van der Waals surface area contributed by atoms with Crippen molar-refractivity contribution in [3.8, 4) is 0 Å². The number of hydrogen-bond donors (Lipinski definition) is 9. The molecule has 0 aliphatic carbocycles. The molecule has 2 aromatic rings. The number of nitrogens with zero attached hydrogens (tertiary/aromatic N) is 4. The number of carboxylic acids is 2. The number of fused-ring (bicyclic) bond motifs is 1. The van der Waals surface area contributed by atoms with Gasteiger partial charge in [0, 0.05) is 50.1 Å². The molecular weight excluding hydrogens is 863 g/mol. The number of aliphatic carboxylic acids is 2. The van der Waals surface area contributed by atoms with Crippen molar-refractivity contribution >= 4 is 76.2 Å². The number of aliphatic imine (C=N–C) groups is 1. The van der Waals surface area contributed by atoms with Gasteiger partial charge >= 0.3 is 18.0 Å². The third-order valence-electron chi connectivity index (χ3n) is 10.9. The lowest BCUT2D eigenvalue weighted by molar-refractivity contribution is -0.146. The molecule has 23 nitrogen and oxygen atoms in total. The van der Waals surface area contributed by atoms with Crippen molar-refractivity contribution in [3.05, 3.63) is 42.1 Å². The number of imide groups is 2. The Labute approximate surface area is 381 Å². The van der Waals surface area contributed by atoms with Gasteiger partial charge in [-0.05, 0) is 68.2 Å². The van der Waals surface area contributed by atoms with Crippen LogP contribution in [0.25, 0.3) is 10.9 Å². The summed E-state index contributed by atoms with van der Waals surface area (Å²) in [5.41, 5.74) is 11.6. The normalized spacial score (nSPS) is 15.6. The lowest BCUT2D eigenvalue weighted by Crippen LogP contribution is -2.59. The maximum absolute atomic E-state index is 14.0. The number of nitrogens with two attached hydrogens (primary N) is 2. The maximum Gasteiger partial charge on any atom is 0.328 e. The number of likely N-dealkylation sites (N-methyl/N-ethyl adjacent to an activating group) is 1. The summed E-state index contributed by atoms with van der Waals surface area (Å²) < 4.78 is 0. The highest BCUT2D eigenvalue weighted by Gasteiger charge is 2.44. The zero-order chi connectivity index (χ0) is 49.2. The molecule has 1 aliphatic rings. The van der Waals surface area contributed by atoms with Crippen molar-refractivity contribution in [1.82, 2.24) is 41.4 Å². The van der Waals surface area contributed by atoms with E-state index >= 15 is 0 Å². The molecule has 3 rings (SSSR count). The predicted octanol–water partition coefficient (Wildman–Crippen LogP) is -0.0415. The fourth-order valence-corrected chi connectivity index (χ4v) is 7.27. The lowest BCUT2D eigenvalue weighted by atomic mass is 9.96. The second-order valence-corrected chi connectivity index (χ2v) is 16.5. The van der Waals surface area contributed by atoms with Crippen molar-refractivity contribution in [2.45, 2.75) is 116 Å². The van der Waals surface area contributed by atoms with Crippen molar-refractivity contribution in [1.29, 1.82) is 0 Å². The number of pyridine rings is 1. The van der Waals surface area contributed by atoms with Crippen LogP contribution in [0.3, 0.4) is 0 Å². The van der Waals surface area contributed by atoms with E-state index in [1.54, 1.807) is 58.2 Å². The molecule has 23 heteroatoms. The summed E-state index contributed by atoms with van der Waals surface area (Å²) in [7, 11) is 1.40. The SMILES string of the molecule is CCC(C)C(C(=O)N[C@@H](CC(=O)O)C(=O)N[C@@H](CCCN=C(N)N)C(=O)N[C@@H](CC(C)C)C(=O)O)N1CCC(N(C)C(=O)CCCC(=O)NC(=O)NC(=O)c2ccc3ncccc3c2)C1=O. The quantitative estimate of drug-likeness (QED) is 0.0379. The Morgan fingerprint density at radius 2 is 1.56 bits per heavy atom. The summed E-state index contributed by atoms with van der Waals surface area (Å²) in [5, 5.41) is 31.5. The number of aromatic nitrogens is 1. The van der Waals surface area contributed by atoms with Gasteiger partial charge in [0.25, 0.3) is 5.91 Å². The average Bonchev–Trinajstić information content (AvgIpc) is 3.62. The summed E-state index contributed by atoms with van der Waals surface area (Å²) >= 11 is 0. The van der Waals surface area contributed by atoms with Gasteiger partial charge in [-0.25, -0.2) is 9.59 Å². The number of rotatable bonds is 24. The van der Waals surface area contributed by atoms with Gasteiger partial charge in [-0.1, -0.05) is 40.2 Å². The second kappa shape index (κ2) is 25.3. The molecule has 9 amide bonds. The molecule has 11 N–H and O–H groups in total. The number of carbonyl (C=O) groups is 10. The van der Waals surface area contributed by atoms with E-state index in [1.807, 2.05) is 5.32 Å². The van der Waals surface area contributed by atoms with Crippen molar-refractivity contribution in [2.24, 2.45) is 28.3 Å². The Bertz CT molecular complexity index is 2160. The molecule has 0 saturated carbocycles. The standard InChI is InChI=1S/C43H61N11O12/c1-6-24(4)35(39(62)49-29(22-34(57)58)38(61)48-28(11-9-18-47-42(44)45)37(60)50-30(41(64)65)20-23(2)3)54-19-16-31(40(54)63)53(5)33(56)13-7-12-32(55)51-43(66)52-36(59)26-14-15-27-25(21-26)10-8-17-46-27/h8,10,14-15,17,21,23-24,28-31,35H,6-7,9,11-13,16,18-20,22H2,1-5H3,(H,48,61)(H,49,62)(H,50,60)(H,57,58)(H,64,65)(H4,44,45,47)(H2,51,52,55,59,66)/t24?,28-,29-,30-,31?,35?/m0/s1. The van der Waals surface area contributed by atoms with E-state index in [1.165, 1.54) is 22.9 Å². The Morgan fingerprint density at radius 1 is 0.894 bits per heavy atom. The van der Waals surface area contributed by atoms with Gasteiger partial charge in [-0.15, -0.1) is 0 Å². The van der Waals surface area contributed by atoms with E-state index in [0.717, 1.165) is 0 Å². The van der Waals surface area contributed by atoms with Gasteiger partial charge < -0.3 is 47.4 Å². The number of carboxylic acid groups (broad SMARTS) is 2. The first kappa shape index (κ1) is 53.1. The monoisotopic (exact) mass is 923 g/mol. The Kier molecular flexibility index (Phi) is 20.4. The highest BCUT2D eigenvalue weighted by Crippen LogP contribution is 2.25. The molecule has 3 unspecified atom stereocenters. The van der Waals surface area contributed by atoms with Gasteiger partial charge in [-0.2, -0.15) is 0 Å². The van der Waals surface area contributed by atoms with Crippen LogP contribution >= 0.6 is 0 Å². The zero-order valence-corrected chi connectivity index (χ0v) is 37.7. The summed E-state index contributed by atoms with van der Waals surface area (Å²) in [6, 6.07) is 0.364. The number of amides is 9. The topological polar surface area (TPSA) is 355 Å². The van der Waals surface area contributed by atoms with E-state index in [-0.39, 0.29) is 75.5 Å². The average molecular weight is 924 g/mol. The Hall–Kier alpha value is -7.20. The minimum Gasteiger partial charge on any atom is -0.481 e. The van der Waals surface area contributed by atoms with Crippen LogP contribution in [-0.4, -0.2) is 141 Å². The second-order valence-electron chi connectivity index (χ2n) is 16.5. The summed E-state index contributed by atoms with van der Waals surface area (Å²) in [6.07, 6.45) is 0.810. The van der Waals surface area contributed by atoms with Crippen LogP contribution in [-0.2, 0) is 38.4 Å². The molecule has 1 aliphatic heterocycles. The Balaban J connectivity index is 1.64. The smallest absolute Gasteiger partial charge is 0.328 e. The minimum atomic E-state index is -1.75. The highest BCUT2D eigenvalue weighted by atomic mass is 16.4. The molecule has 1 saturated heterocycles. The fraction of sp³-hybridized carbons (Fsp3) is 0.535. The number of hydrogen-bond acceptors (Lipinski definition) is 12. The molecule has 0 spiro atoms. The van der Waals surface area contributed by atoms with Crippen LogP contribution < -0.4 is 38.1 Å². The number of nitrogens with one attached hydrogen (secondary N) is 5. The number of urea groups is 1. The molecule has 66 heavy (non-hydrogen) atoms. The van der Waals surface area contributed by atoms with E-state index in [0.29, 0.717) is 17.3 Å². The zero-order valence-electron chi connectivity index (χ0n) is 37.7. The number of likely N-dealkylation sites (tertiary alicyclic amines) is 1. The molecule has 360 valence electrons. The van der Waals surface area contributed by atoms with Crippen LogP contribution in [0, 0.1) is 11.8 Å². The van der Waals surface area contributed by atoms with Crippen LogP contribution in [0.4, 0.5) is 4.79 Å². The molecule has 1 fully saturated rings. The number of carbonyl (C=O) groups excluding carboxylic acids is 8. The molecule has 2 heterocycles. The number of guanidine groups is 1. The summed E-state index contributed by atoms with van der Waals surface area (Å²) in [5.74, 6) is -9.05. The molecular formula is C43H61N11O12. The van der Waals surface area contributed by atoms with E-state index < -0.39 is 102 Å². The van der Waals surface area contributed by atoms with Crippen LogP contribution in [0.1, 0.15) is 95.8 Å². The van der Waals surface area contributed by atoms with Crippen molar-refractivity contribution < 1.29 is 58.2 Å². The summed E-state index contributed by atoms with van der Waals surface area (Å²) in [4.78, 5) is 140. The molecule has 0 bridgehead atoms. The summed E-state index contributed by atoms with van der Waals surface area (Å²) in [6.45, 7) is 7.02. The van der Waals surface area contributed by atoms with Gasteiger partial charge in [0.2, 0.25) is 35.4 Å². The molecule has 1 aromatic carbocycles. The first-order valence-electron chi connectivity index (χ1n) is 21.6. The third-order valence-corrected chi connectivity index (χ3v) is 10.9. The van der Waals surface area contributed by atoms with Crippen LogP contribution in [0.2, 0.25) is 0 Å². The highest BCUT2D eigenvalue weighted by molar-refractivity contribution is 6.09. The largest absolute Gasteiger partial charge is 0.481 e. The fourth-order valence-electron chi connectivity index (χ4n) is 7.27. The predicted molar refractivity (Wildman–Crippen MR) is 238 cm³/mol. The lowest BCUT2D eigenvalue weighted by Gasteiger charge is -2.33. The maximum atomic E-state index is 14.0. The van der Waals surface area contributed by atoms with Crippen LogP contribution in [0.5, 0.6) is 0 Å². The van der Waals surface area contributed by atoms with Crippen molar-refractivity contribution in [3.63, 3.8) is 0 Å². The van der Waals surface area contributed by atoms with E-state index in [2.05, 4.69) is 31.2 Å². The van der Waals surface area contributed by atoms with E-state index in [4.69, 9.17) is 11.5 Å². The Morgan fingerprint density at radius 3 is 2.20 bits per heavy atom. The van der Waals surface area contributed by atoms with E-state index in [9.17, 15) is 58.2 Å². The molecule has 6 atom stereocenters. The van der Waals surface area contributed by atoms with Gasteiger partial charge in [0.1, 0.15) is 30.2 Å². The molecule has 0 radical (unpaired) electrons. The van der Waals surface area contributed by atoms with Crippen molar-refractivity contribution in [2.75, 3.05) is 20.1 Å². The van der Waals surface area contributed by atoms with Gasteiger partial charge in [0.15, 0.2) is 5.96 Å². The first-order valence-corrected chi connectivity index (χ1v) is 21.6. The van der Waals surface area contributed by atoms with Gasteiger partial charge in [0.05, 0.1) is 11.9 Å². The number of benzene rings is 1. The third kappa shape index (κ3) is 16.1. The first-order chi connectivity index (χ1) is 31.1. The minimum absolute atomic E-state index is 0.0136. The van der Waals surface area contributed by atoms with Gasteiger partial charge in [-0.3, -0.25) is 59.0 Å².